The summed E-state index contributed by atoms with van der Waals surface area (Å²) < 4.78 is 0. The highest BCUT2D eigenvalue weighted by Gasteiger charge is 2.39. The fourth-order valence-electron chi connectivity index (χ4n) is 3.25. The number of hydrogen-bond acceptors (Lipinski definition) is 2. The first-order valence-corrected chi connectivity index (χ1v) is 7.01. The van der Waals surface area contributed by atoms with Gasteiger partial charge in [0, 0.05) is 10.9 Å². The van der Waals surface area contributed by atoms with Crippen LogP contribution in [-0.4, -0.2) is 11.9 Å². The molecule has 2 fully saturated rings. The first-order chi connectivity index (χ1) is 7.81. The van der Waals surface area contributed by atoms with E-state index in [4.69, 9.17) is 0 Å². The summed E-state index contributed by atoms with van der Waals surface area (Å²) in [5, 5.41) is 5.24. The van der Waals surface area contributed by atoms with Gasteiger partial charge in [0.2, 0.25) is 5.91 Å². The summed E-state index contributed by atoms with van der Waals surface area (Å²) in [5.74, 6) is 1.88. The van der Waals surface area contributed by atoms with Crippen LogP contribution >= 0.6 is 11.3 Å². The number of thiophene rings is 1. The van der Waals surface area contributed by atoms with Gasteiger partial charge in [-0.25, -0.2) is 0 Å². The van der Waals surface area contributed by atoms with Crippen LogP contribution in [0.4, 0.5) is 0 Å². The van der Waals surface area contributed by atoms with Crippen LogP contribution in [0.3, 0.4) is 0 Å². The molecule has 3 rings (SSSR count). The van der Waals surface area contributed by atoms with Crippen molar-refractivity contribution in [3.8, 4) is 0 Å². The van der Waals surface area contributed by atoms with Crippen molar-refractivity contribution in [1.29, 1.82) is 0 Å². The Morgan fingerprint density at radius 1 is 1.44 bits per heavy atom. The highest BCUT2D eigenvalue weighted by molar-refractivity contribution is 7.10. The average molecular weight is 235 g/mol. The van der Waals surface area contributed by atoms with E-state index in [1.807, 2.05) is 17.5 Å². The normalized spacial score (nSPS) is 31.9. The van der Waals surface area contributed by atoms with E-state index in [1.165, 1.54) is 30.6 Å². The fourth-order valence-corrected chi connectivity index (χ4v) is 3.95. The van der Waals surface area contributed by atoms with E-state index in [1.54, 1.807) is 11.3 Å². The van der Waals surface area contributed by atoms with Gasteiger partial charge in [-0.3, -0.25) is 4.79 Å². The van der Waals surface area contributed by atoms with Gasteiger partial charge in [-0.05, 0) is 42.5 Å². The smallest absolute Gasteiger partial charge is 0.225 e. The second kappa shape index (κ2) is 4.21. The number of hydrogen-bond donors (Lipinski definition) is 1. The van der Waals surface area contributed by atoms with Gasteiger partial charge < -0.3 is 5.32 Å². The maximum atomic E-state index is 11.8. The van der Waals surface area contributed by atoms with Crippen molar-refractivity contribution in [3.63, 3.8) is 0 Å². The zero-order valence-corrected chi connectivity index (χ0v) is 10.1. The maximum Gasteiger partial charge on any atom is 0.225 e. The third-order valence-electron chi connectivity index (χ3n) is 4.00. The van der Waals surface area contributed by atoms with E-state index in [2.05, 4.69) is 5.32 Å². The Hall–Kier alpha value is -0.830. The van der Waals surface area contributed by atoms with Gasteiger partial charge in [0.25, 0.3) is 0 Å². The number of rotatable bonds is 3. The van der Waals surface area contributed by atoms with Crippen LogP contribution in [0.25, 0.3) is 0 Å². The third kappa shape index (κ3) is 2.01. The second-order valence-electron chi connectivity index (χ2n) is 5.11. The molecule has 1 aromatic rings. The van der Waals surface area contributed by atoms with Gasteiger partial charge in [-0.15, -0.1) is 11.3 Å². The molecule has 0 spiro atoms. The fraction of sp³-hybridized carbons (Fsp3) is 0.615. The second-order valence-corrected chi connectivity index (χ2v) is 6.14. The first kappa shape index (κ1) is 10.3. The summed E-state index contributed by atoms with van der Waals surface area (Å²) in [6, 6.07) is 4.52. The minimum absolute atomic E-state index is 0.208. The lowest BCUT2D eigenvalue weighted by Crippen LogP contribution is -2.39. The monoisotopic (exact) mass is 235 g/mol. The predicted octanol–water partition coefficient (Wildman–Crippen LogP) is 2.60. The molecule has 0 saturated heterocycles. The van der Waals surface area contributed by atoms with Crippen LogP contribution in [0, 0.1) is 11.8 Å². The topological polar surface area (TPSA) is 29.1 Å². The van der Waals surface area contributed by atoms with E-state index in [-0.39, 0.29) is 5.91 Å². The molecule has 2 saturated carbocycles. The van der Waals surface area contributed by atoms with E-state index < -0.39 is 0 Å². The SMILES string of the molecule is O=C(Cc1cccs1)N[C@@H]1C[C@@H]2CC[C@@H]1C2. The molecule has 1 N–H and O–H groups in total. The van der Waals surface area contributed by atoms with Gasteiger partial charge in [0.05, 0.1) is 6.42 Å². The lowest BCUT2D eigenvalue weighted by Gasteiger charge is -2.22. The molecular weight excluding hydrogens is 218 g/mol. The Morgan fingerprint density at radius 3 is 3.00 bits per heavy atom. The van der Waals surface area contributed by atoms with Crippen molar-refractivity contribution in [2.75, 3.05) is 0 Å². The van der Waals surface area contributed by atoms with Crippen molar-refractivity contribution < 1.29 is 4.79 Å². The van der Waals surface area contributed by atoms with Crippen molar-refractivity contribution in [3.05, 3.63) is 22.4 Å². The van der Waals surface area contributed by atoms with Gasteiger partial charge in [-0.1, -0.05) is 12.5 Å². The molecule has 3 heteroatoms. The molecule has 3 atom stereocenters. The molecule has 2 nitrogen and oxygen atoms in total. The van der Waals surface area contributed by atoms with E-state index in [0.29, 0.717) is 12.5 Å². The molecule has 86 valence electrons. The molecule has 0 unspecified atom stereocenters. The standard InChI is InChI=1S/C13H17NOS/c15-13(8-11-2-1-5-16-11)14-12-7-9-3-4-10(12)6-9/h1-2,5,9-10,12H,3-4,6-8H2,(H,14,15)/t9-,10-,12-/m1/s1. The number of nitrogens with one attached hydrogen (secondary N) is 1. The lowest BCUT2D eigenvalue weighted by molar-refractivity contribution is -0.121. The summed E-state index contributed by atoms with van der Waals surface area (Å²) in [4.78, 5) is 13.0. The van der Waals surface area contributed by atoms with Crippen LogP contribution in [0.5, 0.6) is 0 Å². The van der Waals surface area contributed by atoms with E-state index >= 15 is 0 Å². The highest BCUT2D eigenvalue weighted by atomic mass is 32.1. The van der Waals surface area contributed by atoms with Gasteiger partial charge in [0.1, 0.15) is 0 Å². The van der Waals surface area contributed by atoms with Crippen LogP contribution in [0.15, 0.2) is 17.5 Å². The van der Waals surface area contributed by atoms with Gasteiger partial charge in [-0.2, -0.15) is 0 Å². The van der Waals surface area contributed by atoms with Crippen molar-refractivity contribution >= 4 is 17.2 Å². The van der Waals surface area contributed by atoms with Crippen molar-refractivity contribution in [2.45, 2.75) is 38.1 Å². The minimum atomic E-state index is 0.208. The Bertz CT molecular complexity index is 373. The molecule has 0 aromatic carbocycles. The maximum absolute atomic E-state index is 11.8. The largest absolute Gasteiger partial charge is 0.353 e. The molecule has 0 aliphatic heterocycles. The zero-order valence-electron chi connectivity index (χ0n) is 9.32. The summed E-state index contributed by atoms with van der Waals surface area (Å²) >= 11 is 1.66. The summed E-state index contributed by atoms with van der Waals surface area (Å²) in [7, 11) is 0. The molecule has 1 amide bonds. The number of carbonyl (C=O) groups excluding carboxylic acids is 1. The van der Waals surface area contributed by atoms with Crippen LogP contribution in [-0.2, 0) is 11.2 Å². The lowest BCUT2D eigenvalue weighted by atomic mass is 9.95. The van der Waals surface area contributed by atoms with E-state index in [0.717, 1.165) is 11.8 Å². The number of amides is 1. The van der Waals surface area contributed by atoms with Crippen LogP contribution in [0.1, 0.15) is 30.6 Å². The molecule has 2 aliphatic rings. The Labute approximate surface area is 100 Å². The highest BCUT2D eigenvalue weighted by Crippen LogP contribution is 2.44. The Kier molecular flexibility index (Phi) is 2.72. The molecule has 1 heterocycles. The molecule has 16 heavy (non-hydrogen) atoms. The van der Waals surface area contributed by atoms with Gasteiger partial charge in [0.15, 0.2) is 0 Å². The number of carbonyl (C=O) groups is 1. The molecule has 0 radical (unpaired) electrons. The summed E-state index contributed by atoms with van der Waals surface area (Å²) in [6.45, 7) is 0. The van der Waals surface area contributed by atoms with Gasteiger partial charge >= 0.3 is 0 Å². The molecular formula is C13H17NOS. The first-order valence-electron chi connectivity index (χ1n) is 6.13. The Morgan fingerprint density at radius 2 is 2.38 bits per heavy atom. The quantitative estimate of drug-likeness (QED) is 0.857. The summed E-state index contributed by atoms with van der Waals surface area (Å²) in [5.41, 5.74) is 0. The molecule has 2 aliphatic carbocycles. The number of fused-ring (bicyclic) bond motifs is 2. The molecule has 1 aromatic heterocycles. The minimum Gasteiger partial charge on any atom is -0.353 e. The summed E-state index contributed by atoms with van der Waals surface area (Å²) in [6.07, 6.45) is 5.85. The average Bonchev–Trinajstić information content (AvgIpc) is 2.92. The zero-order chi connectivity index (χ0) is 11.0. The van der Waals surface area contributed by atoms with Crippen molar-refractivity contribution in [2.24, 2.45) is 11.8 Å². The van der Waals surface area contributed by atoms with Crippen molar-refractivity contribution in [1.82, 2.24) is 5.32 Å². The third-order valence-corrected chi connectivity index (χ3v) is 4.88. The molecule has 2 bridgehead atoms. The van der Waals surface area contributed by atoms with Crippen LogP contribution in [0.2, 0.25) is 0 Å². The Balaban J connectivity index is 1.53. The van der Waals surface area contributed by atoms with Crippen LogP contribution < -0.4 is 5.32 Å². The van der Waals surface area contributed by atoms with E-state index in [9.17, 15) is 4.79 Å². The predicted molar refractivity (Wildman–Crippen MR) is 65.4 cm³/mol.